The number of nitrogens with zero attached hydrogens (tertiary/aromatic N) is 1. The molecule has 0 radical (unpaired) electrons. The molecule has 0 amide bonds. The van der Waals surface area contributed by atoms with E-state index >= 15 is 0 Å². The van der Waals surface area contributed by atoms with Crippen molar-refractivity contribution in [1.29, 1.82) is 0 Å². The number of ether oxygens (including phenoxy) is 2. The minimum Gasteiger partial charge on any atom is -0.493 e. The zero-order valence-electron chi connectivity index (χ0n) is 14.4. The lowest BCUT2D eigenvalue weighted by molar-refractivity contribution is 0.288. The second-order valence-electron chi connectivity index (χ2n) is 5.83. The average Bonchev–Trinajstić information content (AvgIpc) is 2.78. The van der Waals surface area contributed by atoms with Gasteiger partial charge in [-0.15, -0.1) is 0 Å². The first-order chi connectivity index (χ1) is 11.7. The molecule has 5 nitrogen and oxygen atoms in total. The van der Waals surface area contributed by atoms with Gasteiger partial charge < -0.3 is 9.47 Å². The van der Waals surface area contributed by atoms with Crippen LogP contribution in [-0.4, -0.2) is 26.2 Å². The van der Waals surface area contributed by atoms with Gasteiger partial charge in [0.25, 0.3) is 0 Å². The molecule has 1 aliphatic rings. The van der Waals surface area contributed by atoms with Crippen LogP contribution in [0.2, 0.25) is 0 Å². The minimum absolute atomic E-state index is 0.140. The van der Waals surface area contributed by atoms with E-state index in [0.717, 1.165) is 43.4 Å². The van der Waals surface area contributed by atoms with Gasteiger partial charge in [-0.25, -0.2) is 4.21 Å². The number of allylic oxidation sites excluding steroid dienone is 1. The van der Waals surface area contributed by atoms with Gasteiger partial charge in [0.05, 0.1) is 18.9 Å². The fraction of sp³-hybridized carbons (Fsp3) is 0.556. The third kappa shape index (κ3) is 5.06. The number of rotatable bonds is 8. The highest BCUT2D eigenvalue weighted by Crippen LogP contribution is 2.38. The Balaban J connectivity index is 2.31. The molecule has 0 fully saturated rings. The van der Waals surface area contributed by atoms with Crippen molar-refractivity contribution < 1.29 is 18.2 Å². The molecule has 1 aromatic rings. The molecule has 0 aromatic heterocycles. The summed E-state index contributed by atoms with van der Waals surface area (Å²) in [5.41, 5.74) is 0.924. The Morgan fingerprint density at radius 3 is 3.00 bits per heavy atom. The maximum atomic E-state index is 11.9. The van der Waals surface area contributed by atoms with Gasteiger partial charge in [0.1, 0.15) is 11.5 Å². The Morgan fingerprint density at radius 1 is 1.46 bits per heavy atom. The van der Waals surface area contributed by atoms with Crippen LogP contribution in [0, 0.1) is 0 Å². The predicted molar refractivity (Wildman–Crippen MR) is 96.4 cm³/mol. The summed E-state index contributed by atoms with van der Waals surface area (Å²) < 4.78 is 34.7. The van der Waals surface area contributed by atoms with Gasteiger partial charge in [0, 0.05) is 12.1 Å². The molecule has 0 saturated carbocycles. The summed E-state index contributed by atoms with van der Waals surface area (Å²) in [5, 5.41) is 0. The van der Waals surface area contributed by atoms with E-state index in [0.29, 0.717) is 18.9 Å². The van der Waals surface area contributed by atoms with Crippen LogP contribution in [0.1, 0.15) is 57.6 Å². The molecule has 0 spiro atoms. The quantitative estimate of drug-likeness (QED) is 0.554. The highest BCUT2D eigenvalue weighted by molar-refractivity contribution is 7.76. The maximum Gasteiger partial charge on any atom is 0.235 e. The molecule has 2 rings (SSSR count). The summed E-state index contributed by atoms with van der Waals surface area (Å²) in [6, 6.07) is 5.55. The van der Waals surface area contributed by atoms with E-state index < -0.39 is 11.3 Å². The molecular formula is C18H27NO4S. The van der Waals surface area contributed by atoms with Crippen LogP contribution in [-0.2, 0) is 11.3 Å². The fourth-order valence-corrected chi connectivity index (χ4v) is 3.51. The Morgan fingerprint density at radius 2 is 2.29 bits per heavy atom. The molecule has 134 valence electrons. The summed E-state index contributed by atoms with van der Waals surface area (Å²) in [6.45, 7) is 5.33. The van der Waals surface area contributed by atoms with Gasteiger partial charge in [-0.1, -0.05) is 20.3 Å². The third-order valence-electron chi connectivity index (χ3n) is 4.04. The van der Waals surface area contributed by atoms with Crippen molar-refractivity contribution in [3.8, 4) is 11.5 Å². The standard InChI is InChI=1S/C18H27NO4S/c1-3-5-11-19(24(20)21)17-8-7-13-23-18-10-9-15(14-16(17)18)22-12-6-4-2/h6,9-10,12,14,17H,3-5,7-8,11,13H2,1-2H3,(H,20,21). The lowest BCUT2D eigenvalue weighted by Gasteiger charge is -2.28. The van der Waals surface area contributed by atoms with E-state index in [9.17, 15) is 8.76 Å². The zero-order chi connectivity index (χ0) is 17.4. The second kappa shape index (κ2) is 9.81. The van der Waals surface area contributed by atoms with Crippen LogP contribution >= 0.6 is 0 Å². The van der Waals surface area contributed by atoms with Crippen molar-refractivity contribution in [2.75, 3.05) is 13.2 Å². The van der Waals surface area contributed by atoms with E-state index in [1.807, 2.05) is 31.2 Å². The molecular weight excluding hydrogens is 326 g/mol. The highest BCUT2D eigenvalue weighted by Gasteiger charge is 2.29. The molecule has 24 heavy (non-hydrogen) atoms. The Bertz CT molecular complexity index is 576. The van der Waals surface area contributed by atoms with Crippen LogP contribution in [0.3, 0.4) is 0 Å². The molecule has 0 aliphatic carbocycles. The monoisotopic (exact) mass is 353 g/mol. The van der Waals surface area contributed by atoms with Crippen LogP contribution in [0.25, 0.3) is 0 Å². The van der Waals surface area contributed by atoms with Gasteiger partial charge in [-0.05, 0) is 50.0 Å². The van der Waals surface area contributed by atoms with Crippen LogP contribution in [0.15, 0.2) is 30.5 Å². The van der Waals surface area contributed by atoms with Gasteiger partial charge >= 0.3 is 0 Å². The molecule has 1 N–H and O–H groups in total. The van der Waals surface area contributed by atoms with Gasteiger partial charge in [0.15, 0.2) is 0 Å². The summed E-state index contributed by atoms with van der Waals surface area (Å²) in [7, 11) is 0. The topological polar surface area (TPSA) is 59.0 Å². The molecule has 2 atom stereocenters. The normalized spacial score (nSPS) is 18.9. The van der Waals surface area contributed by atoms with Crippen LogP contribution in [0.4, 0.5) is 0 Å². The maximum absolute atomic E-state index is 11.9. The number of fused-ring (bicyclic) bond motifs is 1. The Labute approximate surface area is 147 Å². The van der Waals surface area contributed by atoms with Crippen LogP contribution in [0.5, 0.6) is 11.5 Å². The first-order valence-electron chi connectivity index (χ1n) is 8.63. The van der Waals surface area contributed by atoms with Gasteiger partial charge in [-0.3, -0.25) is 4.55 Å². The van der Waals surface area contributed by atoms with Crippen molar-refractivity contribution in [2.24, 2.45) is 0 Å². The largest absolute Gasteiger partial charge is 0.493 e. The SMILES string of the molecule is CCC=COc1ccc2c(c1)C(N(CCCC)S(=O)O)CCCO2. The van der Waals surface area contributed by atoms with Crippen molar-refractivity contribution in [1.82, 2.24) is 4.31 Å². The van der Waals surface area contributed by atoms with Crippen molar-refractivity contribution >= 4 is 11.3 Å². The van der Waals surface area contributed by atoms with Gasteiger partial charge in [0.2, 0.25) is 11.3 Å². The first kappa shape index (κ1) is 19.0. The minimum atomic E-state index is -2.01. The van der Waals surface area contributed by atoms with E-state index in [2.05, 4.69) is 6.92 Å². The summed E-state index contributed by atoms with van der Waals surface area (Å²) >= 11 is -2.01. The fourth-order valence-electron chi connectivity index (χ4n) is 2.78. The molecule has 1 heterocycles. The van der Waals surface area contributed by atoms with Crippen molar-refractivity contribution in [3.63, 3.8) is 0 Å². The van der Waals surface area contributed by atoms with E-state index in [-0.39, 0.29) is 6.04 Å². The lowest BCUT2D eigenvalue weighted by atomic mass is 10.0. The molecule has 6 heteroatoms. The highest BCUT2D eigenvalue weighted by atomic mass is 32.2. The van der Waals surface area contributed by atoms with E-state index in [4.69, 9.17) is 9.47 Å². The van der Waals surface area contributed by atoms with Crippen LogP contribution < -0.4 is 9.47 Å². The Kier molecular flexibility index (Phi) is 7.75. The lowest BCUT2D eigenvalue weighted by Crippen LogP contribution is -2.31. The third-order valence-corrected chi connectivity index (χ3v) is 4.87. The van der Waals surface area contributed by atoms with E-state index in [1.165, 1.54) is 0 Å². The van der Waals surface area contributed by atoms with Gasteiger partial charge in [-0.2, -0.15) is 4.31 Å². The number of hydrogen-bond acceptors (Lipinski definition) is 3. The molecule has 0 bridgehead atoms. The summed E-state index contributed by atoms with van der Waals surface area (Å²) in [4.78, 5) is 0. The number of unbranched alkanes of at least 4 members (excludes halogenated alkanes) is 1. The number of hydrogen-bond donors (Lipinski definition) is 1. The molecule has 1 aromatic carbocycles. The van der Waals surface area contributed by atoms with Crippen molar-refractivity contribution in [2.45, 2.75) is 52.0 Å². The summed E-state index contributed by atoms with van der Waals surface area (Å²) in [6.07, 6.45) is 8.03. The predicted octanol–water partition coefficient (Wildman–Crippen LogP) is 4.44. The number of benzene rings is 1. The first-order valence-corrected chi connectivity index (χ1v) is 9.69. The van der Waals surface area contributed by atoms with E-state index in [1.54, 1.807) is 10.6 Å². The summed E-state index contributed by atoms with van der Waals surface area (Å²) in [5.74, 6) is 1.49. The second-order valence-corrected chi connectivity index (χ2v) is 6.76. The zero-order valence-corrected chi connectivity index (χ0v) is 15.3. The molecule has 0 saturated heterocycles. The molecule has 2 unspecified atom stereocenters. The Hall–Kier alpha value is -1.37. The smallest absolute Gasteiger partial charge is 0.235 e. The average molecular weight is 353 g/mol. The molecule has 1 aliphatic heterocycles. The van der Waals surface area contributed by atoms with Crippen molar-refractivity contribution in [3.05, 3.63) is 36.1 Å².